The molecule has 4 aliphatic carbocycles. The lowest BCUT2D eigenvalue weighted by atomic mass is 9.30. The lowest BCUT2D eigenvalue weighted by Crippen LogP contribution is -2.43. The Morgan fingerprint density at radius 2 is 1.95 bits per heavy atom. The molecule has 0 spiro atoms. The van der Waals surface area contributed by atoms with Crippen LogP contribution >= 0.6 is 0 Å². The Bertz CT molecular complexity index is 1160. The smallest absolute Gasteiger partial charge is 0.105 e. The van der Waals surface area contributed by atoms with Crippen molar-refractivity contribution < 1.29 is 0 Å². The fourth-order valence-corrected chi connectivity index (χ4v) is 11.5. The lowest BCUT2D eigenvalue weighted by Gasteiger charge is -2.42. The van der Waals surface area contributed by atoms with Crippen molar-refractivity contribution >= 4 is 13.8 Å². The Balaban J connectivity index is 1.43. The first-order valence-electron chi connectivity index (χ1n) is 18.1. The molecule has 0 amide bonds. The van der Waals surface area contributed by atoms with Gasteiger partial charge in [-0.15, -0.1) is 0 Å². The summed E-state index contributed by atoms with van der Waals surface area (Å²) >= 11 is 0. The molecule has 1 nitrogen and oxygen atoms in total. The van der Waals surface area contributed by atoms with Crippen LogP contribution in [0, 0.1) is 47.3 Å². The molecule has 3 aliphatic heterocycles. The second kappa shape index (κ2) is 11.7. The molecule has 7 aliphatic rings. The molecule has 0 aromatic carbocycles. The molecule has 7 rings (SSSR count). The third-order valence-electron chi connectivity index (χ3n) is 13.7. The predicted molar refractivity (Wildman–Crippen MR) is 178 cm³/mol. The molecule has 2 saturated carbocycles. The highest BCUT2D eigenvalue weighted by molar-refractivity contribution is 7.19. The minimum atomic E-state index is 0.730. The number of hydrogen-bond acceptors (Lipinski definition) is 1. The molecule has 0 aromatic heterocycles. The summed E-state index contributed by atoms with van der Waals surface area (Å²) in [5.74, 6) is 7.53. The molecule has 219 valence electrons. The summed E-state index contributed by atoms with van der Waals surface area (Å²) < 4.78 is 0. The highest BCUT2D eigenvalue weighted by Gasteiger charge is 2.53. The summed E-state index contributed by atoms with van der Waals surface area (Å²) in [6.07, 6.45) is 28.7. The number of nitrogens with zero attached hydrogens (tertiary/aromatic N) is 1. The molecule has 3 bridgehead atoms. The summed E-state index contributed by atoms with van der Waals surface area (Å²) in [4.78, 5) is 3.00. The standard InChI is InChI=1S/C38H56B2N/c1-6-10-27-11-8-9-12-33-34(19-27)32-17-18-41-23-39-40-22-36(40)38-25(4)28(7-2)20-30(41)15-16-31(26(38)5)35(32)21-29-14-13-24(3)37(29)33/h8-10,12,19,24-26,28-31,36-38H,6-7,11,13-18,20-23H2,1-5H3. The fourth-order valence-electron chi connectivity index (χ4n) is 11.5. The van der Waals surface area contributed by atoms with Crippen LogP contribution < -0.4 is 0 Å². The molecule has 4 fully saturated rings. The lowest BCUT2D eigenvalue weighted by molar-refractivity contribution is 0.129. The van der Waals surface area contributed by atoms with E-state index in [1.807, 2.05) is 11.1 Å². The van der Waals surface area contributed by atoms with Crippen molar-refractivity contribution in [3.8, 4) is 0 Å². The van der Waals surface area contributed by atoms with Gasteiger partial charge in [0.25, 0.3) is 0 Å². The fraction of sp³-hybridized carbons (Fsp3) is 0.737. The predicted octanol–water partition coefficient (Wildman–Crippen LogP) is 9.34. The monoisotopic (exact) mass is 548 g/mol. The molecule has 10 unspecified atom stereocenters. The van der Waals surface area contributed by atoms with Crippen molar-refractivity contribution in [3.63, 3.8) is 0 Å². The van der Waals surface area contributed by atoms with Gasteiger partial charge in [0.1, 0.15) is 6.60 Å². The van der Waals surface area contributed by atoms with Crippen molar-refractivity contribution in [1.29, 1.82) is 0 Å². The van der Waals surface area contributed by atoms with Gasteiger partial charge in [0.2, 0.25) is 0 Å². The Labute approximate surface area is 253 Å². The van der Waals surface area contributed by atoms with Crippen LogP contribution in [0.15, 0.2) is 58.2 Å². The van der Waals surface area contributed by atoms with Crippen LogP contribution in [-0.4, -0.2) is 37.7 Å². The number of fused-ring (bicyclic) bond motifs is 12. The van der Waals surface area contributed by atoms with Crippen LogP contribution in [0.1, 0.15) is 98.8 Å². The van der Waals surface area contributed by atoms with Crippen LogP contribution in [-0.2, 0) is 0 Å². The Hall–Kier alpha value is -1.21. The minimum Gasteiger partial charge on any atom is -0.309 e. The normalized spacial score (nSPS) is 43.5. The maximum absolute atomic E-state index is 3.00. The first-order valence-corrected chi connectivity index (χ1v) is 18.1. The first kappa shape index (κ1) is 28.6. The molecule has 10 atom stereocenters. The zero-order valence-corrected chi connectivity index (χ0v) is 27.0. The largest absolute Gasteiger partial charge is 0.309 e. The van der Waals surface area contributed by atoms with E-state index in [1.54, 1.807) is 16.7 Å². The Morgan fingerprint density at radius 1 is 1.07 bits per heavy atom. The maximum Gasteiger partial charge on any atom is 0.105 e. The van der Waals surface area contributed by atoms with E-state index in [4.69, 9.17) is 0 Å². The quantitative estimate of drug-likeness (QED) is 0.311. The van der Waals surface area contributed by atoms with Gasteiger partial charge in [-0.05, 0) is 134 Å². The molecule has 41 heavy (non-hydrogen) atoms. The number of allylic oxidation sites excluding steroid dienone is 9. The van der Waals surface area contributed by atoms with Crippen molar-refractivity contribution in [3.05, 3.63) is 58.2 Å². The van der Waals surface area contributed by atoms with Crippen LogP contribution in [0.4, 0.5) is 0 Å². The third-order valence-corrected chi connectivity index (χ3v) is 13.7. The van der Waals surface area contributed by atoms with Crippen molar-refractivity contribution in [2.24, 2.45) is 47.3 Å². The van der Waals surface area contributed by atoms with Gasteiger partial charge < -0.3 is 4.90 Å². The third kappa shape index (κ3) is 5.17. The summed E-state index contributed by atoms with van der Waals surface area (Å²) in [5.41, 5.74) is 8.70. The van der Waals surface area contributed by atoms with E-state index >= 15 is 0 Å². The van der Waals surface area contributed by atoms with Crippen molar-refractivity contribution in [1.82, 2.24) is 4.90 Å². The highest BCUT2D eigenvalue weighted by atomic mass is 15.1. The average molecular weight is 548 g/mol. The molecule has 0 aromatic rings. The summed E-state index contributed by atoms with van der Waals surface area (Å²) in [6.45, 7) is 15.0. The average Bonchev–Trinajstić information content (AvgIpc) is 3.62. The van der Waals surface area contributed by atoms with Gasteiger partial charge in [-0.2, -0.15) is 0 Å². The molecule has 3 heterocycles. The van der Waals surface area contributed by atoms with Crippen LogP contribution in [0.25, 0.3) is 0 Å². The molecular formula is C38H56B2N. The highest BCUT2D eigenvalue weighted by Crippen LogP contribution is 2.59. The van der Waals surface area contributed by atoms with Gasteiger partial charge in [-0.1, -0.05) is 89.1 Å². The van der Waals surface area contributed by atoms with E-state index in [9.17, 15) is 0 Å². The van der Waals surface area contributed by atoms with E-state index in [-0.39, 0.29) is 0 Å². The molecule has 1 radical (unpaired) electrons. The van der Waals surface area contributed by atoms with Crippen LogP contribution in [0.3, 0.4) is 0 Å². The number of hydrogen-bond donors (Lipinski definition) is 0. The maximum atomic E-state index is 3.00. The van der Waals surface area contributed by atoms with E-state index < -0.39 is 0 Å². The topological polar surface area (TPSA) is 3.24 Å². The van der Waals surface area contributed by atoms with Gasteiger partial charge in [0.05, 0.1) is 7.17 Å². The summed E-state index contributed by atoms with van der Waals surface area (Å²) in [5, 5.41) is 0. The van der Waals surface area contributed by atoms with E-state index in [0.29, 0.717) is 0 Å². The molecule has 3 heteroatoms. The van der Waals surface area contributed by atoms with Crippen molar-refractivity contribution in [2.75, 3.05) is 13.0 Å². The number of rotatable bonds is 2. The summed E-state index contributed by atoms with van der Waals surface area (Å²) in [7, 11) is 2.79. The SMILES string of the molecule is CCC=C1C=C2C(=CC=CC1)C1C(C)CCC1CC1=C2CCN2C[B]B3CC3C3C(C)C(CC)CC2CCC1C3C. The van der Waals surface area contributed by atoms with Gasteiger partial charge >= 0.3 is 0 Å². The van der Waals surface area contributed by atoms with Crippen LogP contribution in [0.5, 0.6) is 0 Å². The van der Waals surface area contributed by atoms with Crippen molar-refractivity contribution in [2.45, 2.75) is 117 Å². The zero-order valence-electron chi connectivity index (χ0n) is 27.0. The molecular weight excluding hydrogens is 492 g/mol. The molecule has 0 N–H and O–H groups in total. The minimum absolute atomic E-state index is 0.730. The van der Waals surface area contributed by atoms with Gasteiger partial charge in [0, 0.05) is 12.6 Å². The second-order valence-corrected chi connectivity index (χ2v) is 15.6. The van der Waals surface area contributed by atoms with Crippen LogP contribution in [0.2, 0.25) is 12.1 Å². The van der Waals surface area contributed by atoms with Gasteiger partial charge in [-0.3, -0.25) is 0 Å². The van der Waals surface area contributed by atoms with Gasteiger partial charge in [0.15, 0.2) is 0 Å². The Morgan fingerprint density at radius 3 is 2.78 bits per heavy atom. The van der Waals surface area contributed by atoms with E-state index in [0.717, 1.165) is 78.6 Å². The first-order chi connectivity index (χ1) is 20.0. The van der Waals surface area contributed by atoms with E-state index in [1.165, 1.54) is 70.7 Å². The molecule has 2 saturated heterocycles. The Kier molecular flexibility index (Phi) is 8.15. The van der Waals surface area contributed by atoms with E-state index in [2.05, 4.69) is 77.1 Å². The van der Waals surface area contributed by atoms with Gasteiger partial charge in [-0.25, -0.2) is 0 Å². The summed E-state index contributed by atoms with van der Waals surface area (Å²) in [6, 6.07) is 0.769. The second-order valence-electron chi connectivity index (χ2n) is 15.6. The zero-order chi connectivity index (χ0) is 28.2.